The smallest absolute Gasteiger partial charge is 0.254 e. The van der Waals surface area contributed by atoms with Gasteiger partial charge in [-0.2, -0.15) is 0 Å². The topological polar surface area (TPSA) is 86.4 Å². The molecule has 7 heteroatoms. The number of ketones is 1. The molecule has 0 radical (unpaired) electrons. The standard InChI is InChI=1S/C21H24N4O3/c1-14(26)16-5-3-4-6-17(16)20(28)24-11-8-21(9-12-24)19-18(22-13-23-19)7-10-25(21)15(2)27/h3-6,13H,7-12H2,1-2H3,(H,22,23). The lowest BCUT2D eigenvalue weighted by atomic mass is 9.78. The molecule has 1 aromatic heterocycles. The minimum Gasteiger partial charge on any atom is -0.348 e. The van der Waals surface area contributed by atoms with Crippen LogP contribution < -0.4 is 0 Å². The molecule has 0 bridgehead atoms. The van der Waals surface area contributed by atoms with E-state index in [1.165, 1.54) is 6.92 Å². The van der Waals surface area contributed by atoms with Gasteiger partial charge in [0, 0.05) is 44.2 Å². The summed E-state index contributed by atoms with van der Waals surface area (Å²) >= 11 is 0. The Kier molecular flexibility index (Phi) is 4.53. The summed E-state index contributed by atoms with van der Waals surface area (Å²) in [5.74, 6) is -0.211. The first-order valence-electron chi connectivity index (χ1n) is 9.64. The van der Waals surface area contributed by atoms with Gasteiger partial charge >= 0.3 is 0 Å². The zero-order valence-electron chi connectivity index (χ0n) is 16.2. The van der Waals surface area contributed by atoms with Crippen LogP contribution in [0.3, 0.4) is 0 Å². The van der Waals surface area contributed by atoms with E-state index in [4.69, 9.17) is 0 Å². The molecule has 1 saturated heterocycles. The highest BCUT2D eigenvalue weighted by molar-refractivity contribution is 6.07. The Hall–Kier alpha value is -2.96. The summed E-state index contributed by atoms with van der Waals surface area (Å²) < 4.78 is 0. The van der Waals surface area contributed by atoms with E-state index in [0.717, 1.165) is 17.8 Å². The van der Waals surface area contributed by atoms with Gasteiger partial charge in [0.05, 0.1) is 23.1 Å². The van der Waals surface area contributed by atoms with Crippen molar-refractivity contribution in [1.82, 2.24) is 19.8 Å². The SMILES string of the molecule is CC(=O)c1ccccc1C(=O)N1CCC2(CC1)c1nc[nH]c1CCN2C(C)=O. The maximum Gasteiger partial charge on any atom is 0.254 e. The number of H-pyrrole nitrogens is 1. The van der Waals surface area contributed by atoms with Gasteiger partial charge in [-0.15, -0.1) is 0 Å². The van der Waals surface area contributed by atoms with Crippen LogP contribution in [0.25, 0.3) is 0 Å². The molecule has 1 aromatic carbocycles. The number of piperidine rings is 1. The molecule has 0 unspecified atom stereocenters. The highest BCUT2D eigenvalue weighted by Gasteiger charge is 2.48. The van der Waals surface area contributed by atoms with E-state index in [1.54, 1.807) is 42.4 Å². The van der Waals surface area contributed by atoms with Gasteiger partial charge in [0.1, 0.15) is 0 Å². The lowest BCUT2D eigenvalue weighted by molar-refractivity contribution is -0.139. The van der Waals surface area contributed by atoms with Gasteiger partial charge in [-0.25, -0.2) is 4.98 Å². The Labute approximate surface area is 163 Å². The fraction of sp³-hybridized carbons (Fsp3) is 0.429. The number of hydrogen-bond acceptors (Lipinski definition) is 4. The third-order valence-electron chi connectivity index (χ3n) is 6.06. The molecule has 28 heavy (non-hydrogen) atoms. The van der Waals surface area contributed by atoms with Gasteiger partial charge in [-0.1, -0.05) is 18.2 Å². The molecule has 2 aromatic rings. The van der Waals surface area contributed by atoms with Crippen molar-refractivity contribution in [3.8, 4) is 0 Å². The number of fused-ring (bicyclic) bond motifs is 2. The molecule has 0 atom stereocenters. The van der Waals surface area contributed by atoms with E-state index in [-0.39, 0.29) is 17.6 Å². The molecule has 1 spiro atoms. The molecule has 0 aliphatic carbocycles. The van der Waals surface area contributed by atoms with E-state index in [0.29, 0.717) is 43.6 Å². The average Bonchev–Trinajstić information content (AvgIpc) is 3.18. The van der Waals surface area contributed by atoms with Crippen molar-refractivity contribution in [3.05, 3.63) is 53.1 Å². The van der Waals surface area contributed by atoms with Gasteiger partial charge < -0.3 is 14.8 Å². The van der Waals surface area contributed by atoms with Crippen molar-refractivity contribution >= 4 is 17.6 Å². The lowest BCUT2D eigenvalue weighted by Gasteiger charge is -2.50. The van der Waals surface area contributed by atoms with Crippen molar-refractivity contribution in [2.45, 2.75) is 38.6 Å². The van der Waals surface area contributed by atoms with Crippen molar-refractivity contribution in [2.75, 3.05) is 19.6 Å². The number of nitrogens with one attached hydrogen (secondary N) is 1. The van der Waals surface area contributed by atoms with Crippen molar-refractivity contribution in [2.24, 2.45) is 0 Å². The second-order valence-corrected chi connectivity index (χ2v) is 7.58. The first-order chi connectivity index (χ1) is 13.4. The molecular formula is C21H24N4O3. The molecule has 7 nitrogen and oxygen atoms in total. The summed E-state index contributed by atoms with van der Waals surface area (Å²) in [6, 6.07) is 6.94. The predicted octanol–water partition coefficient (Wildman–Crippen LogP) is 2.15. The number of rotatable bonds is 2. The van der Waals surface area contributed by atoms with Crippen LogP contribution in [0.4, 0.5) is 0 Å². The highest BCUT2D eigenvalue weighted by atomic mass is 16.2. The van der Waals surface area contributed by atoms with Crippen molar-refractivity contribution < 1.29 is 14.4 Å². The number of imidazole rings is 1. The molecule has 2 aliphatic heterocycles. The Bertz CT molecular complexity index is 941. The minimum atomic E-state index is -0.462. The Morgan fingerprint density at radius 2 is 1.71 bits per heavy atom. The van der Waals surface area contributed by atoms with Crippen LogP contribution in [0, 0.1) is 0 Å². The fourth-order valence-corrected chi connectivity index (χ4v) is 4.67. The number of carbonyl (C=O) groups excluding carboxylic acids is 3. The zero-order chi connectivity index (χ0) is 19.9. The summed E-state index contributed by atoms with van der Waals surface area (Å²) in [7, 11) is 0. The minimum absolute atomic E-state index is 0.0374. The van der Waals surface area contributed by atoms with Crippen LogP contribution in [-0.4, -0.2) is 57.0 Å². The van der Waals surface area contributed by atoms with Crippen molar-refractivity contribution in [1.29, 1.82) is 0 Å². The molecule has 2 amide bonds. The second-order valence-electron chi connectivity index (χ2n) is 7.58. The summed E-state index contributed by atoms with van der Waals surface area (Å²) in [6.07, 6.45) is 3.73. The monoisotopic (exact) mass is 380 g/mol. The number of Topliss-reactive ketones (excluding diaryl/α,β-unsaturated/α-hetero) is 1. The van der Waals surface area contributed by atoms with Crippen LogP contribution in [0.5, 0.6) is 0 Å². The molecule has 0 saturated carbocycles. The van der Waals surface area contributed by atoms with E-state index in [1.807, 2.05) is 4.90 Å². The van der Waals surface area contributed by atoms with E-state index < -0.39 is 5.54 Å². The number of benzene rings is 1. The maximum atomic E-state index is 13.1. The van der Waals surface area contributed by atoms with E-state index in [2.05, 4.69) is 9.97 Å². The van der Waals surface area contributed by atoms with Crippen LogP contribution >= 0.6 is 0 Å². The number of likely N-dealkylation sites (tertiary alicyclic amines) is 1. The number of aromatic nitrogens is 2. The Morgan fingerprint density at radius 1 is 1.04 bits per heavy atom. The number of nitrogens with zero attached hydrogens (tertiary/aromatic N) is 3. The molecule has 1 N–H and O–H groups in total. The third-order valence-corrected chi connectivity index (χ3v) is 6.06. The molecular weight excluding hydrogens is 356 g/mol. The molecule has 4 rings (SSSR count). The normalized spacial score (nSPS) is 18.1. The van der Waals surface area contributed by atoms with Gasteiger partial charge in [0.25, 0.3) is 5.91 Å². The second kappa shape index (κ2) is 6.89. The largest absolute Gasteiger partial charge is 0.348 e. The predicted molar refractivity (Wildman–Crippen MR) is 103 cm³/mol. The third kappa shape index (κ3) is 2.82. The van der Waals surface area contributed by atoms with Crippen LogP contribution in [0.2, 0.25) is 0 Å². The van der Waals surface area contributed by atoms with Crippen LogP contribution in [0.1, 0.15) is 58.8 Å². The van der Waals surface area contributed by atoms with E-state index in [9.17, 15) is 14.4 Å². The number of hydrogen-bond donors (Lipinski definition) is 1. The Morgan fingerprint density at radius 3 is 2.36 bits per heavy atom. The molecule has 146 valence electrons. The van der Waals surface area contributed by atoms with Crippen LogP contribution in [-0.2, 0) is 16.8 Å². The summed E-state index contributed by atoms with van der Waals surface area (Å²) in [6.45, 7) is 4.76. The highest BCUT2D eigenvalue weighted by Crippen LogP contribution is 2.42. The van der Waals surface area contributed by atoms with Gasteiger partial charge in [-0.05, 0) is 25.8 Å². The fourth-order valence-electron chi connectivity index (χ4n) is 4.67. The van der Waals surface area contributed by atoms with E-state index >= 15 is 0 Å². The number of amides is 2. The van der Waals surface area contributed by atoms with Gasteiger partial charge in [-0.3, -0.25) is 14.4 Å². The maximum absolute atomic E-state index is 13.1. The summed E-state index contributed by atoms with van der Waals surface area (Å²) in [5.41, 5.74) is 2.45. The zero-order valence-corrected chi connectivity index (χ0v) is 16.2. The quantitative estimate of drug-likeness (QED) is 0.809. The lowest BCUT2D eigenvalue weighted by Crippen LogP contribution is -2.58. The molecule has 2 aliphatic rings. The van der Waals surface area contributed by atoms with Crippen molar-refractivity contribution in [3.63, 3.8) is 0 Å². The molecule has 1 fully saturated rings. The number of aromatic amines is 1. The average molecular weight is 380 g/mol. The molecule has 3 heterocycles. The van der Waals surface area contributed by atoms with Crippen LogP contribution in [0.15, 0.2) is 30.6 Å². The van der Waals surface area contributed by atoms with Gasteiger partial charge in [0.15, 0.2) is 5.78 Å². The first-order valence-corrected chi connectivity index (χ1v) is 9.64. The number of carbonyl (C=O) groups is 3. The first kappa shape index (κ1) is 18.4. The summed E-state index contributed by atoms with van der Waals surface area (Å²) in [5, 5.41) is 0. The van der Waals surface area contributed by atoms with Gasteiger partial charge in [0.2, 0.25) is 5.91 Å². The summed E-state index contributed by atoms with van der Waals surface area (Å²) in [4.78, 5) is 48.7. The Balaban J connectivity index is 1.60.